The number of carbonyl (C=O) groups is 4. The van der Waals surface area contributed by atoms with Crippen molar-refractivity contribution in [2.24, 2.45) is 4.99 Å². The van der Waals surface area contributed by atoms with E-state index in [9.17, 15) is 29.4 Å². The molecule has 6 N–H and O–H groups in total. The number of fused-ring (bicyclic) bond motifs is 3. The Balaban J connectivity index is 0.767. The van der Waals surface area contributed by atoms with Gasteiger partial charge in [-0.3, -0.25) is 28.4 Å². The van der Waals surface area contributed by atoms with Crippen LogP contribution in [0.25, 0.3) is 28.0 Å². The molecule has 2 aliphatic rings. The first kappa shape index (κ1) is 52.9. The second-order valence-electron chi connectivity index (χ2n) is 19.1. The van der Waals surface area contributed by atoms with Gasteiger partial charge in [-0.15, -0.1) is 10.2 Å². The average molecular weight is 1050 g/mol. The summed E-state index contributed by atoms with van der Waals surface area (Å²) in [5.74, 6) is 0.960. The SMILES string of the molecule is CCNC(=O)c1nnc(-c2cc(C(C)C)c(O)cc2O)n1-c1ccc(C(=O)CCc2cc(C)c(OC(=O)N3CCN(CCCOc4ccc5c6n(c(=NC(=O)c7cnc(N)nc7)nc5c4OC)CCN6)CC3)c(C)c2)cc1. The number of nitrogens with one attached hydrogen (secondary N) is 2. The van der Waals surface area contributed by atoms with Gasteiger partial charge in [0.1, 0.15) is 28.6 Å². The van der Waals surface area contributed by atoms with E-state index in [2.05, 4.69) is 40.7 Å². The van der Waals surface area contributed by atoms with Crippen LogP contribution in [0, 0.1) is 13.8 Å². The van der Waals surface area contributed by atoms with E-state index >= 15 is 0 Å². The standard InChI is InChI=1S/C55H61N13O9/c1-7-57-52(73)50-64-63-49(40-27-39(31(2)3)42(70)28-43(40)71)68(50)37-12-10-35(11-13-37)41(69)15-9-34-25-32(4)46(33(5)26-34)77-55(74)66-22-20-65(21-23-66)18-8-24-76-44-16-14-38-45(47(44)75-6)61-54(67-19-17-58-48(38)67)62-51(72)36-29-59-53(56)60-30-36/h10-14,16,25-31,58,70-71H,7-9,15,17-24H2,1-6H3,(H,57,73)(H2,56,59,60). The van der Waals surface area contributed by atoms with Crippen LogP contribution in [0.15, 0.2) is 78.0 Å². The molecule has 7 aromatic rings. The van der Waals surface area contributed by atoms with Crippen LogP contribution in [-0.2, 0) is 13.0 Å². The third-order valence-electron chi connectivity index (χ3n) is 13.5. The third-order valence-corrected chi connectivity index (χ3v) is 13.5. The Labute approximate surface area is 443 Å². The number of rotatable bonds is 17. The van der Waals surface area contributed by atoms with Crippen LogP contribution in [0.5, 0.6) is 28.7 Å². The molecule has 0 bridgehead atoms. The van der Waals surface area contributed by atoms with E-state index in [1.807, 2.05) is 56.5 Å². The number of Topliss-reactive ketones (excluding diaryl/α,β-unsaturated/α-hetero) is 1. The number of phenols is 2. The largest absolute Gasteiger partial charge is 0.508 e. The first-order valence-corrected chi connectivity index (χ1v) is 25.5. The minimum absolute atomic E-state index is 0.00873. The number of aromatic hydroxyl groups is 2. The molecule has 3 aromatic heterocycles. The number of nitrogens with zero attached hydrogens (tertiary/aromatic N) is 10. The summed E-state index contributed by atoms with van der Waals surface area (Å²) in [6.07, 6.45) is 3.62. The highest BCUT2D eigenvalue weighted by atomic mass is 16.6. The van der Waals surface area contributed by atoms with Crippen molar-refractivity contribution in [2.75, 3.05) is 70.6 Å². The van der Waals surface area contributed by atoms with Crippen molar-refractivity contribution in [1.29, 1.82) is 0 Å². The van der Waals surface area contributed by atoms with Crippen LogP contribution in [0.1, 0.15) is 93.1 Å². The molecule has 3 amide bonds. The number of benzene rings is 4. The Morgan fingerprint density at radius 3 is 2.30 bits per heavy atom. The average Bonchev–Trinajstić information content (AvgIpc) is 4.13. The van der Waals surface area contributed by atoms with Gasteiger partial charge < -0.3 is 45.7 Å². The zero-order chi connectivity index (χ0) is 54.5. The van der Waals surface area contributed by atoms with Crippen LogP contribution < -0.4 is 36.2 Å². The molecule has 5 heterocycles. The Hall–Kier alpha value is -8.92. The van der Waals surface area contributed by atoms with E-state index in [0.717, 1.165) is 34.4 Å². The quantitative estimate of drug-likeness (QED) is 0.0506. The molecule has 1 fully saturated rings. The molecule has 0 atom stereocenters. The van der Waals surface area contributed by atoms with Crippen molar-refractivity contribution in [3.05, 3.63) is 118 Å². The van der Waals surface area contributed by atoms with E-state index in [1.165, 1.54) is 23.0 Å². The Morgan fingerprint density at radius 2 is 1.61 bits per heavy atom. The lowest BCUT2D eigenvalue weighted by atomic mass is 9.98. The normalized spacial score (nSPS) is 13.6. The summed E-state index contributed by atoms with van der Waals surface area (Å²) in [4.78, 5) is 74.1. The molecular weight excluding hydrogens is 987 g/mol. The van der Waals surface area contributed by atoms with Gasteiger partial charge in [-0.25, -0.2) is 19.7 Å². The number of aromatic nitrogens is 7. The summed E-state index contributed by atoms with van der Waals surface area (Å²) in [6.45, 7) is 14.4. The smallest absolute Gasteiger partial charge is 0.415 e. The number of nitrogen functional groups attached to an aromatic ring is 1. The number of carbonyl (C=O) groups excluding carboxylic acids is 4. The maximum atomic E-state index is 13.6. The third kappa shape index (κ3) is 11.4. The summed E-state index contributed by atoms with van der Waals surface area (Å²) in [5.41, 5.74) is 10.8. The van der Waals surface area contributed by atoms with Crippen LogP contribution in [-0.4, -0.2) is 138 Å². The molecule has 2 aliphatic heterocycles. The first-order chi connectivity index (χ1) is 37.1. The van der Waals surface area contributed by atoms with Gasteiger partial charge in [0, 0.05) is 93.9 Å². The highest BCUT2D eigenvalue weighted by molar-refractivity contribution is 5.98. The predicted octanol–water partition coefficient (Wildman–Crippen LogP) is 6.13. The van der Waals surface area contributed by atoms with Gasteiger partial charge in [0.05, 0.1) is 24.8 Å². The second kappa shape index (κ2) is 22.9. The van der Waals surface area contributed by atoms with Crippen molar-refractivity contribution < 1.29 is 43.6 Å². The molecule has 22 nitrogen and oxygen atoms in total. The van der Waals surface area contributed by atoms with Gasteiger partial charge in [0.15, 0.2) is 23.1 Å². The second-order valence-corrected chi connectivity index (χ2v) is 19.1. The molecule has 9 rings (SSSR count). The Morgan fingerprint density at radius 1 is 0.883 bits per heavy atom. The molecule has 1 saturated heterocycles. The van der Waals surface area contributed by atoms with Crippen LogP contribution in [0.2, 0.25) is 0 Å². The molecule has 0 aliphatic carbocycles. The van der Waals surface area contributed by atoms with Crippen molar-refractivity contribution in [3.63, 3.8) is 0 Å². The molecule has 77 heavy (non-hydrogen) atoms. The number of phenolic OH excluding ortho intramolecular Hbond substituents is 2. The lowest BCUT2D eigenvalue weighted by Crippen LogP contribution is -2.49. The van der Waals surface area contributed by atoms with Gasteiger partial charge in [-0.1, -0.05) is 26.0 Å². The zero-order valence-corrected chi connectivity index (χ0v) is 43.8. The fraction of sp³-hybridized carbons (Fsp3) is 0.345. The fourth-order valence-corrected chi connectivity index (χ4v) is 9.59. The summed E-state index contributed by atoms with van der Waals surface area (Å²) in [5, 5.41) is 36.7. The lowest BCUT2D eigenvalue weighted by molar-refractivity contribution is 0.0940. The maximum Gasteiger partial charge on any atom is 0.415 e. The van der Waals surface area contributed by atoms with Gasteiger partial charge in [0.25, 0.3) is 11.8 Å². The summed E-state index contributed by atoms with van der Waals surface area (Å²) in [6, 6.07) is 17.3. The minimum Gasteiger partial charge on any atom is -0.508 e. The van der Waals surface area contributed by atoms with Gasteiger partial charge in [-0.05, 0) is 104 Å². The van der Waals surface area contributed by atoms with Gasteiger partial charge in [-0.2, -0.15) is 4.99 Å². The molecule has 0 spiro atoms. The van der Waals surface area contributed by atoms with E-state index in [1.54, 1.807) is 49.3 Å². The van der Waals surface area contributed by atoms with Crippen molar-refractivity contribution in [3.8, 4) is 45.8 Å². The van der Waals surface area contributed by atoms with Crippen molar-refractivity contribution in [1.82, 2.24) is 49.4 Å². The van der Waals surface area contributed by atoms with E-state index < -0.39 is 17.9 Å². The maximum absolute atomic E-state index is 13.6. The van der Waals surface area contributed by atoms with Gasteiger partial charge >= 0.3 is 6.09 Å². The van der Waals surface area contributed by atoms with E-state index in [4.69, 9.17) is 24.9 Å². The number of aryl methyl sites for hydroxylation is 3. The number of nitrogens with two attached hydrogens (primary N) is 1. The molecule has 0 radical (unpaired) electrons. The number of ether oxygens (including phenoxy) is 3. The number of anilines is 2. The highest BCUT2D eigenvalue weighted by Gasteiger charge is 2.27. The number of amides is 3. The topological polar surface area (TPSA) is 280 Å². The monoisotopic (exact) mass is 1050 g/mol. The van der Waals surface area contributed by atoms with E-state index in [-0.39, 0.29) is 64.0 Å². The van der Waals surface area contributed by atoms with Crippen molar-refractivity contribution in [2.45, 2.75) is 66.3 Å². The molecule has 400 valence electrons. The summed E-state index contributed by atoms with van der Waals surface area (Å²) < 4.78 is 21.4. The Kier molecular flexibility index (Phi) is 15.7. The Bertz CT molecular complexity index is 3430. The molecule has 4 aromatic carbocycles. The number of methoxy groups -OCH3 is 1. The zero-order valence-electron chi connectivity index (χ0n) is 43.8. The lowest BCUT2D eigenvalue weighted by Gasteiger charge is -2.34. The molecule has 0 saturated carbocycles. The number of piperazine rings is 1. The first-order valence-electron chi connectivity index (χ1n) is 25.5. The van der Waals surface area contributed by atoms with Gasteiger partial charge in [0.2, 0.25) is 17.4 Å². The molecule has 0 unspecified atom stereocenters. The van der Waals surface area contributed by atoms with Crippen LogP contribution in [0.4, 0.5) is 16.6 Å². The van der Waals surface area contributed by atoms with Crippen molar-refractivity contribution >= 4 is 46.4 Å². The molecule has 22 heteroatoms. The van der Waals surface area contributed by atoms with Crippen LogP contribution in [0.3, 0.4) is 0 Å². The molecular formula is C55H61N13O9. The highest BCUT2D eigenvalue weighted by Crippen LogP contribution is 2.39. The number of ketones is 1. The fourth-order valence-electron chi connectivity index (χ4n) is 9.59. The number of hydrogen-bond acceptors (Lipinski definition) is 17. The predicted molar refractivity (Wildman–Crippen MR) is 286 cm³/mol. The minimum atomic E-state index is -0.556. The van der Waals surface area contributed by atoms with Crippen LogP contribution >= 0.6 is 0 Å². The summed E-state index contributed by atoms with van der Waals surface area (Å²) >= 11 is 0. The van der Waals surface area contributed by atoms with E-state index in [0.29, 0.717) is 105 Å². The number of hydrogen-bond donors (Lipinski definition) is 5. The summed E-state index contributed by atoms with van der Waals surface area (Å²) in [7, 11) is 1.55.